The Labute approximate surface area is 139 Å². The van der Waals surface area contributed by atoms with Crippen LogP contribution in [0.4, 0.5) is 0 Å². The molecule has 3 aromatic rings. The summed E-state index contributed by atoms with van der Waals surface area (Å²) in [6, 6.07) is 23.8. The number of aromatic nitrogens is 1. The average molecular weight is 451 g/mol. The fourth-order valence-electron chi connectivity index (χ4n) is 2.37. The maximum Gasteiger partial charge on any atom is 0.0242 e. The first-order chi connectivity index (χ1) is 9.88. The predicted octanol–water partition coefficient (Wildman–Crippen LogP) is 4.78. The second-order valence-electron chi connectivity index (χ2n) is 4.72. The van der Waals surface area contributed by atoms with Crippen molar-refractivity contribution in [3.8, 4) is 22.4 Å². The molecule has 0 saturated carbocycles. The Morgan fingerprint density at radius 1 is 1.00 bits per heavy atom. The summed E-state index contributed by atoms with van der Waals surface area (Å²) in [5.41, 5.74) is 5.79. The van der Waals surface area contributed by atoms with Crippen molar-refractivity contribution in [3.63, 3.8) is 0 Å². The number of nitrogens with zero attached hydrogens (tertiary/aromatic N) is 1. The minimum atomic E-state index is 0. The maximum atomic E-state index is 4.60. The second-order valence-corrected chi connectivity index (χ2v) is 4.72. The average Bonchev–Trinajstić information content (AvgIpc) is 2.56. The monoisotopic (exact) mass is 451 g/mol. The predicted molar refractivity (Wildman–Crippen MR) is 83.3 cm³/mol. The topological polar surface area (TPSA) is 12.9 Å². The van der Waals surface area contributed by atoms with E-state index in [2.05, 4.69) is 48.3 Å². The molecule has 1 aromatic heterocycles. The Hall–Kier alpha value is -1.76. The van der Waals surface area contributed by atoms with Gasteiger partial charge in [0.2, 0.25) is 0 Å². The van der Waals surface area contributed by atoms with Crippen molar-refractivity contribution >= 4 is 0 Å². The Morgan fingerprint density at radius 3 is 2.43 bits per heavy atom. The van der Waals surface area contributed by atoms with Gasteiger partial charge >= 0.3 is 0 Å². The van der Waals surface area contributed by atoms with Gasteiger partial charge < -0.3 is 4.98 Å². The molecule has 1 heterocycles. The SMILES string of the molecule is CCc1cc(-c2[c-]cccc2)ncc1-c1ccccc1.[Ir]. The molecule has 0 amide bonds. The van der Waals surface area contributed by atoms with Crippen molar-refractivity contribution in [2.45, 2.75) is 13.3 Å². The van der Waals surface area contributed by atoms with E-state index in [1.165, 1.54) is 16.7 Å². The summed E-state index contributed by atoms with van der Waals surface area (Å²) in [5.74, 6) is 0. The van der Waals surface area contributed by atoms with Gasteiger partial charge in [0, 0.05) is 31.9 Å². The Kier molecular flexibility index (Phi) is 5.44. The van der Waals surface area contributed by atoms with E-state index < -0.39 is 0 Å². The summed E-state index contributed by atoms with van der Waals surface area (Å²) < 4.78 is 0. The minimum Gasteiger partial charge on any atom is -0.304 e. The second kappa shape index (κ2) is 7.31. The molecule has 0 atom stereocenters. The summed E-state index contributed by atoms with van der Waals surface area (Å²) in [7, 11) is 0. The summed E-state index contributed by atoms with van der Waals surface area (Å²) in [4.78, 5) is 4.60. The van der Waals surface area contributed by atoms with Crippen molar-refractivity contribution in [2.24, 2.45) is 0 Å². The molecule has 2 aromatic carbocycles. The number of hydrogen-bond acceptors (Lipinski definition) is 1. The van der Waals surface area contributed by atoms with Crippen LogP contribution in [0.3, 0.4) is 0 Å². The number of rotatable bonds is 3. The molecular formula is C19H16IrN-. The van der Waals surface area contributed by atoms with Crippen LogP contribution < -0.4 is 0 Å². The standard InChI is InChI=1S/C19H16N.Ir/c1-2-15-13-19(17-11-7-4-8-12-17)20-14-18(15)16-9-5-3-6-10-16;/h3-11,13-14H,2H2,1H3;/q-1;. The molecule has 1 radical (unpaired) electrons. The van der Waals surface area contributed by atoms with E-state index in [9.17, 15) is 0 Å². The molecule has 21 heavy (non-hydrogen) atoms. The number of aryl methyl sites for hydroxylation is 1. The van der Waals surface area contributed by atoms with Crippen LogP contribution in [0.25, 0.3) is 22.4 Å². The van der Waals surface area contributed by atoms with Gasteiger partial charge in [0.05, 0.1) is 0 Å². The zero-order valence-electron chi connectivity index (χ0n) is 11.8. The van der Waals surface area contributed by atoms with Crippen molar-refractivity contribution < 1.29 is 20.1 Å². The molecule has 0 aliphatic heterocycles. The molecule has 3 rings (SSSR count). The number of pyridine rings is 1. The fourth-order valence-corrected chi connectivity index (χ4v) is 2.37. The smallest absolute Gasteiger partial charge is 0.0242 e. The Bertz CT molecular complexity index is 693. The van der Waals surface area contributed by atoms with Crippen molar-refractivity contribution in [3.05, 3.63) is 78.5 Å². The van der Waals surface area contributed by atoms with Gasteiger partial charge in [-0.1, -0.05) is 43.3 Å². The van der Waals surface area contributed by atoms with Gasteiger partial charge in [0.25, 0.3) is 0 Å². The van der Waals surface area contributed by atoms with Gasteiger partial charge in [-0.3, -0.25) is 0 Å². The van der Waals surface area contributed by atoms with Crippen LogP contribution in [0, 0.1) is 6.07 Å². The first-order valence-electron chi connectivity index (χ1n) is 6.90. The van der Waals surface area contributed by atoms with E-state index in [0.29, 0.717) is 0 Å². The number of hydrogen-bond donors (Lipinski definition) is 0. The first kappa shape index (κ1) is 15.6. The van der Waals surface area contributed by atoms with Gasteiger partial charge in [-0.25, -0.2) is 0 Å². The van der Waals surface area contributed by atoms with E-state index in [4.69, 9.17) is 0 Å². The molecule has 107 valence electrons. The summed E-state index contributed by atoms with van der Waals surface area (Å²) in [6.07, 6.45) is 2.97. The van der Waals surface area contributed by atoms with Gasteiger partial charge in [0.1, 0.15) is 0 Å². The molecule has 0 aliphatic carbocycles. The molecule has 2 heteroatoms. The Morgan fingerprint density at radius 2 is 1.76 bits per heavy atom. The third-order valence-corrected chi connectivity index (χ3v) is 3.44. The van der Waals surface area contributed by atoms with Crippen LogP contribution in [-0.4, -0.2) is 4.98 Å². The first-order valence-corrected chi connectivity index (χ1v) is 6.90. The molecular weight excluding hydrogens is 434 g/mol. The quantitative estimate of drug-likeness (QED) is 0.524. The van der Waals surface area contributed by atoms with E-state index in [1.54, 1.807) is 0 Å². The Balaban J connectivity index is 0.00000161. The van der Waals surface area contributed by atoms with Crippen LogP contribution in [0.2, 0.25) is 0 Å². The summed E-state index contributed by atoms with van der Waals surface area (Å²) in [6.45, 7) is 2.18. The van der Waals surface area contributed by atoms with Crippen LogP contribution in [0.1, 0.15) is 12.5 Å². The van der Waals surface area contributed by atoms with E-state index >= 15 is 0 Å². The van der Waals surface area contributed by atoms with Crippen LogP contribution in [0.15, 0.2) is 66.9 Å². The fraction of sp³-hybridized carbons (Fsp3) is 0.105. The molecule has 0 spiro atoms. The molecule has 0 unspecified atom stereocenters. The van der Waals surface area contributed by atoms with Crippen LogP contribution >= 0.6 is 0 Å². The van der Waals surface area contributed by atoms with Crippen molar-refractivity contribution in [2.75, 3.05) is 0 Å². The van der Waals surface area contributed by atoms with Gasteiger partial charge in [-0.2, -0.15) is 0 Å². The largest absolute Gasteiger partial charge is 0.304 e. The molecule has 0 fully saturated rings. The van der Waals surface area contributed by atoms with Crippen molar-refractivity contribution in [1.82, 2.24) is 4.98 Å². The van der Waals surface area contributed by atoms with Gasteiger partial charge in [0.15, 0.2) is 0 Å². The molecule has 0 N–H and O–H groups in total. The van der Waals surface area contributed by atoms with Crippen LogP contribution in [0.5, 0.6) is 0 Å². The molecule has 0 bridgehead atoms. The summed E-state index contributed by atoms with van der Waals surface area (Å²) >= 11 is 0. The minimum absolute atomic E-state index is 0. The normalized spacial score (nSPS) is 9.95. The van der Waals surface area contributed by atoms with Gasteiger partial charge in [-0.05, 0) is 23.2 Å². The third-order valence-electron chi connectivity index (χ3n) is 3.44. The number of benzene rings is 2. The molecule has 1 nitrogen and oxygen atoms in total. The van der Waals surface area contributed by atoms with E-state index in [1.807, 2.05) is 36.5 Å². The van der Waals surface area contributed by atoms with Crippen molar-refractivity contribution in [1.29, 1.82) is 0 Å². The zero-order chi connectivity index (χ0) is 13.8. The van der Waals surface area contributed by atoms with Gasteiger partial charge in [-0.15, -0.1) is 35.9 Å². The maximum absolute atomic E-state index is 4.60. The van der Waals surface area contributed by atoms with E-state index in [-0.39, 0.29) is 20.1 Å². The molecule has 0 aliphatic rings. The molecule has 0 saturated heterocycles. The third kappa shape index (κ3) is 3.47. The van der Waals surface area contributed by atoms with Crippen LogP contribution in [-0.2, 0) is 26.5 Å². The zero-order valence-corrected chi connectivity index (χ0v) is 14.2. The van der Waals surface area contributed by atoms with E-state index in [0.717, 1.165) is 17.7 Å². The summed E-state index contributed by atoms with van der Waals surface area (Å²) in [5, 5.41) is 0.